The average molecular weight is 349 g/mol. The van der Waals surface area contributed by atoms with Gasteiger partial charge >= 0.3 is 21.7 Å². The maximum Gasteiger partial charge on any atom is 4.00 e. The number of hydrogen-bond donors (Lipinski definition) is 0. The Morgan fingerprint density at radius 3 is 1.87 bits per heavy atom. The predicted octanol–water partition coefficient (Wildman–Crippen LogP) is 6.63. The van der Waals surface area contributed by atoms with Crippen LogP contribution < -0.4 is 0 Å². The van der Waals surface area contributed by atoms with E-state index in [1.807, 2.05) is 0 Å². The van der Waals surface area contributed by atoms with Crippen LogP contribution in [0, 0.1) is 46.0 Å². The van der Waals surface area contributed by atoms with E-state index in [0.717, 1.165) is 30.1 Å². The van der Waals surface area contributed by atoms with Crippen LogP contribution in [0.5, 0.6) is 0 Å². The van der Waals surface area contributed by atoms with E-state index in [0.29, 0.717) is 12.0 Å². The summed E-state index contributed by atoms with van der Waals surface area (Å²) in [7, 11) is 0. The van der Waals surface area contributed by atoms with E-state index in [1.165, 1.54) is 16.8 Å². The largest absolute Gasteiger partial charge is 4.00 e. The van der Waals surface area contributed by atoms with Crippen LogP contribution in [0.15, 0.2) is 18.2 Å². The van der Waals surface area contributed by atoms with E-state index >= 15 is 0 Å². The Kier molecular flexibility index (Phi) is 10.1. The molecule has 1 fully saturated rings. The molecule has 1 aromatic rings. The first-order valence-electron chi connectivity index (χ1n) is 7.83. The van der Waals surface area contributed by atoms with Gasteiger partial charge in [0.05, 0.1) is 0 Å². The molecule has 1 saturated carbocycles. The Morgan fingerprint density at radius 2 is 1.35 bits per heavy atom. The molecule has 5 unspecified atom stereocenters. The zero-order chi connectivity index (χ0) is 13.7. The summed E-state index contributed by atoms with van der Waals surface area (Å²) in [6, 6.07) is 7.32. The van der Waals surface area contributed by atoms with Gasteiger partial charge in [0.15, 0.2) is 0 Å². The number of rotatable bonds is 1. The molecule has 23 heavy (non-hydrogen) atoms. The van der Waals surface area contributed by atoms with Gasteiger partial charge in [0.25, 0.3) is 0 Å². The zero-order valence-corrected chi connectivity index (χ0v) is 17.9. The summed E-state index contributed by atoms with van der Waals surface area (Å²) >= 11 is 0. The molecule has 0 amide bonds. The minimum atomic E-state index is 0. The van der Waals surface area contributed by atoms with Crippen molar-refractivity contribution in [3.63, 3.8) is 0 Å². The molecule has 5 atom stereocenters. The number of fused-ring (bicyclic) bond motifs is 1. The van der Waals surface area contributed by atoms with Gasteiger partial charge in [-0.3, -0.25) is 0 Å². The third-order valence-corrected chi connectivity index (χ3v) is 6.00. The summed E-state index contributed by atoms with van der Waals surface area (Å²) in [5, 5.41) is 4.92. The molecule has 1 aliphatic heterocycles. The van der Waals surface area contributed by atoms with Gasteiger partial charge in [0.2, 0.25) is 0 Å². The normalized spacial score (nSPS) is 34.0. The van der Waals surface area contributed by atoms with Crippen molar-refractivity contribution in [3.8, 4) is 0 Å². The molecule has 1 aliphatic carbocycles. The summed E-state index contributed by atoms with van der Waals surface area (Å²) in [6.07, 6.45) is 1.13. The summed E-state index contributed by atoms with van der Waals surface area (Å²) in [5.41, 5.74) is 4.33. The standard InChI is InChI=1S/C18H26N.3CH3.Ti/c1-10-9-15-7-6-8-16(18(15)19-10)17-13(4)11(2)12(3)14(17)5;;;;/h6-8,10-14,17H,9H2,1-5H3;3*1H3;/q4*-1;+4. The van der Waals surface area contributed by atoms with Crippen LogP contribution in [0.1, 0.15) is 51.7 Å². The quantitative estimate of drug-likeness (QED) is 0.399. The molecular formula is C21H35NTi. The van der Waals surface area contributed by atoms with Crippen molar-refractivity contribution in [1.82, 2.24) is 0 Å². The molecule has 0 bridgehead atoms. The Labute approximate surface area is 160 Å². The van der Waals surface area contributed by atoms with E-state index in [-0.39, 0.29) is 44.0 Å². The van der Waals surface area contributed by atoms with E-state index < -0.39 is 0 Å². The fraction of sp³-hybridized carbons (Fsp3) is 0.571. The summed E-state index contributed by atoms with van der Waals surface area (Å²) < 4.78 is 0. The molecule has 1 heterocycles. The van der Waals surface area contributed by atoms with Crippen LogP contribution in [0.3, 0.4) is 0 Å². The van der Waals surface area contributed by atoms with Gasteiger partial charge in [-0.2, -0.15) is 0 Å². The molecule has 0 spiro atoms. The van der Waals surface area contributed by atoms with Gasteiger partial charge in [0, 0.05) is 0 Å². The second-order valence-corrected chi connectivity index (χ2v) is 7.00. The van der Waals surface area contributed by atoms with Gasteiger partial charge in [-0.1, -0.05) is 63.9 Å². The summed E-state index contributed by atoms with van der Waals surface area (Å²) in [6.45, 7) is 12.0. The van der Waals surface area contributed by atoms with E-state index in [2.05, 4.69) is 52.8 Å². The summed E-state index contributed by atoms with van der Waals surface area (Å²) in [5.74, 6) is 3.85. The van der Waals surface area contributed by atoms with Crippen LogP contribution in [0.25, 0.3) is 5.32 Å². The minimum Gasteiger partial charge on any atom is -0.681 e. The second kappa shape index (κ2) is 9.28. The van der Waals surface area contributed by atoms with Crippen LogP contribution in [0.4, 0.5) is 5.69 Å². The molecule has 0 N–H and O–H groups in total. The molecular weight excluding hydrogens is 314 g/mol. The molecule has 128 valence electrons. The second-order valence-electron chi connectivity index (χ2n) is 7.00. The number of benzene rings is 1. The molecule has 2 aliphatic rings. The molecule has 0 aromatic heterocycles. The van der Waals surface area contributed by atoms with Crippen LogP contribution in [0.2, 0.25) is 0 Å². The van der Waals surface area contributed by atoms with E-state index in [1.54, 1.807) is 0 Å². The number of nitrogens with zero attached hydrogens (tertiary/aromatic N) is 1. The third kappa shape index (κ3) is 4.05. The van der Waals surface area contributed by atoms with Crippen LogP contribution in [-0.2, 0) is 28.1 Å². The third-order valence-electron chi connectivity index (χ3n) is 6.00. The van der Waals surface area contributed by atoms with Crippen LogP contribution in [-0.4, -0.2) is 6.04 Å². The van der Waals surface area contributed by atoms with Gasteiger partial charge in [-0.25, -0.2) is 0 Å². The van der Waals surface area contributed by atoms with Crippen molar-refractivity contribution >= 4 is 5.69 Å². The monoisotopic (exact) mass is 349 g/mol. The van der Waals surface area contributed by atoms with Crippen molar-refractivity contribution in [1.29, 1.82) is 0 Å². The number of para-hydroxylation sites is 1. The van der Waals surface area contributed by atoms with Gasteiger partial charge in [0.1, 0.15) is 0 Å². The average Bonchev–Trinajstić information content (AvgIpc) is 2.84. The first-order valence-corrected chi connectivity index (χ1v) is 7.83. The fourth-order valence-electron chi connectivity index (χ4n) is 4.44. The maximum atomic E-state index is 4.92. The fourth-order valence-corrected chi connectivity index (χ4v) is 4.44. The Balaban J connectivity index is 0. The Hall–Kier alpha value is -0.266. The number of hydrogen-bond acceptors (Lipinski definition) is 0. The van der Waals surface area contributed by atoms with E-state index in [4.69, 9.17) is 5.32 Å². The predicted molar refractivity (Wildman–Crippen MR) is 101 cm³/mol. The van der Waals surface area contributed by atoms with Crippen molar-refractivity contribution in [3.05, 3.63) is 56.9 Å². The summed E-state index contributed by atoms with van der Waals surface area (Å²) in [4.78, 5) is 0. The van der Waals surface area contributed by atoms with Crippen molar-refractivity contribution in [2.45, 2.75) is 53.0 Å². The van der Waals surface area contributed by atoms with Gasteiger partial charge < -0.3 is 27.6 Å². The molecule has 0 radical (unpaired) electrons. The molecule has 1 nitrogen and oxygen atoms in total. The molecule has 1 aromatic carbocycles. The van der Waals surface area contributed by atoms with Crippen LogP contribution >= 0.6 is 0 Å². The van der Waals surface area contributed by atoms with Crippen molar-refractivity contribution in [2.24, 2.45) is 23.7 Å². The van der Waals surface area contributed by atoms with Crippen molar-refractivity contribution < 1.29 is 21.7 Å². The SMILES string of the molecule is CC1Cc2cccc(C3C(C)C(C)C(C)C3C)c2[N-]1.[CH3-].[CH3-].[CH3-].[Ti+4]. The van der Waals surface area contributed by atoms with Gasteiger partial charge in [-0.05, 0) is 36.0 Å². The molecule has 2 heteroatoms. The maximum absolute atomic E-state index is 4.92. The zero-order valence-electron chi connectivity index (χ0n) is 16.4. The molecule has 0 saturated heterocycles. The first kappa shape index (κ1) is 25.0. The minimum absolute atomic E-state index is 0. The Morgan fingerprint density at radius 1 is 0.826 bits per heavy atom. The van der Waals surface area contributed by atoms with Crippen molar-refractivity contribution in [2.75, 3.05) is 0 Å². The van der Waals surface area contributed by atoms with Gasteiger partial charge in [-0.15, -0.1) is 11.7 Å². The smallest absolute Gasteiger partial charge is 0.681 e. The topological polar surface area (TPSA) is 14.1 Å². The Bertz CT molecular complexity index is 471. The first-order chi connectivity index (χ1) is 9.00. The molecule has 3 rings (SSSR count). The van der Waals surface area contributed by atoms with E-state index in [9.17, 15) is 0 Å².